The number of hydrogen-bond acceptors (Lipinski definition) is 2. The molecule has 0 bridgehead atoms. The maximum absolute atomic E-state index is 12.2. The van der Waals surface area contributed by atoms with Gasteiger partial charge in [-0.3, -0.25) is 9.59 Å². The van der Waals surface area contributed by atoms with E-state index in [4.69, 9.17) is 0 Å². The summed E-state index contributed by atoms with van der Waals surface area (Å²) in [6.45, 7) is 5.05. The zero-order valence-electron chi connectivity index (χ0n) is 12.9. The summed E-state index contributed by atoms with van der Waals surface area (Å²) in [5.74, 6) is 0.0244. The molecule has 2 amide bonds. The Morgan fingerprint density at radius 3 is 2.67 bits per heavy atom. The summed E-state index contributed by atoms with van der Waals surface area (Å²) >= 11 is 0. The van der Waals surface area contributed by atoms with E-state index >= 15 is 0 Å². The number of rotatable bonds is 4. The molecule has 1 heterocycles. The van der Waals surface area contributed by atoms with Gasteiger partial charge >= 0.3 is 0 Å². The first-order chi connectivity index (χ1) is 10.1. The molecular formula is C17H24N2O2. The molecule has 114 valence electrons. The van der Waals surface area contributed by atoms with Gasteiger partial charge in [0.2, 0.25) is 11.8 Å². The molecule has 1 aromatic carbocycles. The van der Waals surface area contributed by atoms with Crippen molar-refractivity contribution in [2.75, 3.05) is 6.54 Å². The minimum Gasteiger partial charge on any atom is -0.350 e. The van der Waals surface area contributed by atoms with E-state index in [-0.39, 0.29) is 17.9 Å². The number of aryl methyl sites for hydroxylation is 1. The van der Waals surface area contributed by atoms with E-state index in [9.17, 15) is 9.59 Å². The first-order valence-corrected chi connectivity index (χ1v) is 7.70. The summed E-state index contributed by atoms with van der Waals surface area (Å²) in [7, 11) is 0. The van der Waals surface area contributed by atoms with Crippen LogP contribution in [0.1, 0.15) is 43.7 Å². The molecule has 21 heavy (non-hydrogen) atoms. The first kappa shape index (κ1) is 15.5. The smallest absolute Gasteiger partial charge is 0.242 e. The Labute approximate surface area is 126 Å². The Hall–Kier alpha value is -1.84. The molecule has 1 aromatic rings. The van der Waals surface area contributed by atoms with Crippen molar-refractivity contribution >= 4 is 11.8 Å². The highest BCUT2D eigenvalue weighted by Crippen LogP contribution is 2.14. The van der Waals surface area contributed by atoms with E-state index in [1.807, 2.05) is 38.1 Å². The highest BCUT2D eigenvalue weighted by molar-refractivity contribution is 5.87. The van der Waals surface area contributed by atoms with Crippen LogP contribution in [0.2, 0.25) is 0 Å². The van der Waals surface area contributed by atoms with Crippen molar-refractivity contribution < 1.29 is 9.59 Å². The molecule has 1 fully saturated rings. The zero-order valence-corrected chi connectivity index (χ0v) is 12.9. The minimum atomic E-state index is -0.388. The van der Waals surface area contributed by atoms with Crippen LogP contribution >= 0.6 is 0 Å². The van der Waals surface area contributed by atoms with Crippen LogP contribution in [0.4, 0.5) is 0 Å². The van der Waals surface area contributed by atoms with Crippen LogP contribution < -0.4 is 5.32 Å². The van der Waals surface area contributed by atoms with Gasteiger partial charge in [0.15, 0.2) is 0 Å². The standard InChI is InChI=1S/C17H24N2O2/c1-13-7-9-15(10-8-13)12-18-17(21)14(2)19-11-5-3-4-6-16(19)20/h7-10,14H,3-6,11-12H2,1-2H3,(H,18,21)/t14-/m1/s1. The number of likely N-dealkylation sites (tertiary alicyclic amines) is 1. The third kappa shape index (κ3) is 4.31. The lowest BCUT2D eigenvalue weighted by molar-refractivity contribution is -0.139. The first-order valence-electron chi connectivity index (χ1n) is 7.70. The van der Waals surface area contributed by atoms with E-state index in [2.05, 4.69) is 5.32 Å². The summed E-state index contributed by atoms with van der Waals surface area (Å²) in [5, 5.41) is 2.92. The second-order valence-corrected chi connectivity index (χ2v) is 5.78. The van der Waals surface area contributed by atoms with E-state index < -0.39 is 0 Å². The van der Waals surface area contributed by atoms with Crippen molar-refractivity contribution in [3.8, 4) is 0 Å². The topological polar surface area (TPSA) is 49.4 Å². The Bertz CT molecular complexity index is 496. The number of amides is 2. The third-order valence-electron chi connectivity index (χ3n) is 4.04. The molecule has 1 aliphatic rings. The number of carbonyl (C=O) groups excluding carboxylic acids is 2. The molecule has 0 saturated carbocycles. The van der Waals surface area contributed by atoms with Gasteiger partial charge < -0.3 is 10.2 Å². The highest BCUT2D eigenvalue weighted by Gasteiger charge is 2.26. The summed E-state index contributed by atoms with van der Waals surface area (Å²) in [5.41, 5.74) is 2.27. The van der Waals surface area contributed by atoms with Gasteiger partial charge in [-0.25, -0.2) is 0 Å². The molecule has 0 aliphatic carbocycles. The fourth-order valence-electron chi connectivity index (χ4n) is 2.60. The number of nitrogens with zero attached hydrogens (tertiary/aromatic N) is 1. The van der Waals surface area contributed by atoms with E-state index in [1.54, 1.807) is 4.90 Å². The van der Waals surface area contributed by atoms with Gasteiger partial charge in [0, 0.05) is 19.5 Å². The lowest BCUT2D eigenvalue weighted by Gasteiger charge is -2.27. The Morgan fingerprint density at radius 1 is 1.24 bits per heavy atom. The average Bonchev–Trinajstić information content (AvgIpc) is 2.70. The predicted molar refractivity (Wildman–Crippen MR) is 82.7 cm³/mol. The highest BCUT2D eigenvalue weighted by atomic mass is 16.2. The second kappa shape index (κ2) is 7.25. The van der Waals surface area contributed by atoms with Crippen LogP contribution in [0.15, 0.2) is 24.3 Å². The van der Waals surface area contributed by atoms with Crippen LogP contribution in [-0.4, -0.2) is 29.3 Å². The SMILES string of the molecule is Cc1ccc(CNC(=O)[C@@H](C)N2CCCCCC2=O)cc1. The fraction of sp³-hybridized carbons (Fsp3) is 0.529. The average molecular weight is 288 g/mol. The number of benzene rings is 1. The lowest BCUT2D eigenvalue weighted by Crippen LogP contribution is -2.47. The molecule has 0 aromatic heterocycles. The van der Waals surface area contributed by atoms with Gasteiger partial charge in [-0.2, -0.15) is 0 Å². The molecule has 0 spiro atoms. The molecular weight excluding hydrogens is 264 g/mol. The van der Waals surface area contributed by atoms with Gasteiger partial charge in [0.1, 0.15) is 6.04 Å². The number of hydrogen-bond donors (Lipinski definition) is 1. The monoisotopic (exact) mass is 288 g/mol. The van der Waals surface area contributed by atoms with Crippen LogP contribution in [0.5, 0.6) is 0 Å². The lowest BCUT2D eigenvalue weighted by atomic mass is 10.1. The zero-order chi connectivity index (χ0) is 15.2. The number of nitrogens with one attached hydrogen (secondary N) is 1. The summed E-state index contributed by atoms with van der Waals surface area (Å²) < 4.78 is 0. The van der Waals surface area contributed by atoms with Crippen molar-refractivity contribution in [2.24, 2.45) is 0 Å². The van der Waals surface area contributed by atoms with Crippen LogP contribution in [0.3, 0.4) is 0 Å². The molecule has 1 atom stereocenters. The second-order valence-electron chi connectivity index (χ2n) is 5.78. The minimum absolute atomic E-state index is 0.0779. The van der Waals surface area contributed by atoms with E-state index in [0.717, 1.165) is 24.8 Å². The molecule has 0 radical (unpaired) electrons. The van der Waals surface area contributed by atoms with E-state index in [0.29, 0.717) is 19.5 Å². The Balaban J connectivity index is 1.89. The normalized spacial score (nSPS) is 17.2. The Kier molecular flexibility index (Phi) is 5.37. The molecule has 2 rings (SSSR count). The predicted octanol–water partition coefficient (Wildman–Crippen LogP) is 2.40. The van der Waals surface area contributed by atoms with Crippen molar-refractivity contribution in [1.29, 1.82) is 0 Å². The van der Waals surface area contributed by atoms with Gasteiger partial charge in [0.05, 0.1) is 0 Å². The largest absolute Gasteiger partial charge is 0.350 e. The molecule has 1 N–H and O–H groups in total. The quantitative estimate of drug-likeness (QED) is 0.925. The molecule has 0 unspecified atom stereocenters. The van der Waals surface area contributed by atoms with Crippen molar-refractivity contribution in [3.05, 3.63) is 35.4 Å². The van der Waals surface area contributed by atoms with Crippen molar-refractivity contribution in [2.45, 2.75) is 52.1 Å². The van der Waals surface area contributed by atoms with Gasteiger partial charge in [-0.1, -0.05) is 36.2 Å². The number of carbonyl (C=O) groups is 2. The summed E-state index contributed by atoms with van der Waals surface area (Å²) in [6.07, 6.45) is 3.56. The van der Waals surface area contributed by atoms with Crippen molar-refractivity contribution in [3.63, 3.8) is 0 Å². The van der Waals surface area contributed by atoms with Crippen LogP contribution in [-0.2, 0) is 16.1 Å². The maximum Gasteiger partial charge on any atom is 0.242 e. The van der Waals surface area contributed by atoms with Gasteiger partial charge in [0.25, 0.3) is 0 Å². The third-order valence-corrected chi connectivity index (χ3v) is 4.04. The molecule has 4 nitrogen and oxygen atoms in total. The van der Waals surface area contributed by atoms with Gasteiger partial charge in [-0.05, 0) is 32.3 Å². The summed E-state index contributed by atoms with van der Waals surface area (Å²) in [4.78, 5) is 26.0. The molecule has 1 aliphatic heterocycles. The molecule has 1 saturated heterocycles. The molecule has 4 heteroatoms. The van der Waals surface area contributed by atoms with Crippen molar-refractivity contribution in [1.82, 2.24) is 10.2 Å². The Morgan fingerprint density at radius 2 is 1.95 bits per heavy atom. The van der Waals surface area contributed by atoms with E-state index in [1.165, 1.54) is 5.56 Å². The maximum atomic E-state index is 12.2. The van der Waals surface area contributed by atoms with Crippen LogP contribution in [0.25, 0.3) is 0 Å². The van der Waals surface area contributed by atoms with Gasteiger partial charge in [-0.15, -0.1) is 0 Å². The van der Waals surface area contributed by atoms with Crippen LogP contribution in [0, 0.1) is 6.92 Å². The summed E-state index contributed by atoms with van der Waals surface area (Å²) in [6, 6.07) is 7.70. The fourth-order valence-corrected chi connectivity index (χ4v) is 2.60.